The maximum absolute atomic E-state index is 12.6. The van der Waals surface area contributed by atoms with Crippen LogP contribution in [0.1, 0.15) is 30.1 Å². The number of rotatable bonds is 5. The first-order valence-electron chi connectivity index (χ1n) is 8.73. The van der Waals surface area contributed by atoms with E-state index in [4.69, 9.17) is 0 Å². The molecule has 1 aromatic carbocycles. The first-order valence-corrected chi connectivity index (χ1v) is 9.72. The molecule has 0 fully saturated rings. The molecule has 1 aliphatic heterocycles. The van der Waals surface area contributed by atoms with Crippen LogP contribution in [-0.4, -0.2) is 35.8 Å². The lowest BCUT2D eigenvalue weighted by Crippen LogP contribution is -2.38. The molecular weight excluding hydrogens is 348 g/mol. The number of carbonyl (C=O) groups is 2. The summed E-state index contributed by atoms with van der Waals surface area (Å²) in [5, 5.41) is 6.64. The SMILES string of the molecule is CCCCNC(=O)c1ccc(NC(=O)N2CCSc3ncccc32)cc1. The second kappa shape index (κ2) is 8.71. The summed E-state index contributed by atoms with van der Waals surface area (Å²) < 4.78 is 0. The number of unbranched alkanes of at least 4 members (excludes halogenated alkanes) is 1. The van der Waals surface area contributed by atoms with Crippen molar-refractivity contribution < 1.29 is 9.59 Å². The van der Waals surface area contributed by atoms with Crippen LogP contribution in [0.5, 0.6) is 0 Å². The third-order valence-corrected chi connectivity index (χ3v) is 5.03. The van der Waals surface area contributed by atoms with Gasteiger partial charge in [0.15, 0.2) is 0 Å². The predicted octanol–water partition coefficient (Wildman–Crippen LogP) is 3.76. The Hall–Kier alpha value is -2.54. The topological polar surface area (TPSA) is 74.3 Å². The molecule has 1 aliphatic rings. The number of nitrogens with zero attached hydrogens (tertiary/aromatic N) is 2. The number of carbonyl (C=O) groups excluding carboxylic acids is 2. The van der Waals surface area contributed by atoms with Crippen LogP contribution in [0.15, 0.2) is 47.6 Å². The van der Waals surface area contributed by atoms with Gasteiger partial charge in [-0.1, -0.05) is 13.3 Å². The standard InChI is InChI=1S/C19H22N4O2S/c1-2-3-10-20-17(24)14-6-8-15(9-7-14)22-19(25)23-12-13-26-18-16(23)5-4-11-21-18/h4-9,11H,2-3,10,12-13H2,1H3,(H,20,24)(H,22,25). The van der Waals surface area contributed by atoms with E-state index in [9.17, 15) is 9.59 Å². The van der Waals surface area contributed by atoms with Gasteiger partial charge in [-0.05, 0) is 42.8 Å². The lowest BCUT2D eigenvalue weighted by Gasteiger charge is -2.28. The van der Waals surface area contributed by atoms with Gasteiger partial charge in [-0.15, -0.1) is 11.8 Å². The predicted molar refractivity (Wildman–Crippen MR) is 105 cm³/mol. The summed E-state index contributed by atoms with van der Waals surface area (Å²) >= 11 is 1.65. The fourth-order valence-electron chi connectivity index (χ4n) is 2.64. The van der Waals surface area contributed by atoms with Gasteiger partial charge in [0.2, 0.25) is 0 Å². The van der Waals surface area contributed by atoms with Crippen molar-refractivity contribution in [1.29, 1.82) is 0 Å². The van der Waals surface area contributed by atoms with Crippen molar-refractivity contribution in [2.75, 3.05) is 29.1 Å². The Labute approximate surface area is 157 Å². The minimum Gasteiger partial charge on any atom is -0.352 e. The largest absolute Gasteiger partial charge is 0.352 e. The summed E-state index contributed by atoms with van der Waals surface area (Å²) in [5.41, 5.74) is 2.07. The van der Waals surface area contributed by atoms with E-state index in [-0.39, 0.29) is 11.9 Å². The highest BCUT2D eigenvalue weighted by atomic mass is 32.2. The van der Waals surface area contributed by atoms with Crippen LogP contribution in [-0.2, 0) is 0 Å². The van der Waals surface area contributed by atoms with Crippen molar-refractivity contribution in [2.24, 2.45) is 0 Å². The van der Waals surface area contributed by atoms with Gasteiger partial charge in [-0.2, -0.15) is 0 Å². The maximum atomic E-state index is 12.6. The molecule has 0 spiro atoms. The van der Waals surface area contributed by atoms with Crippen molar-refractivity contribution in [3.05, 3.63) is 48.2 Å². The number of anilines is 2. The molecule has 0 atom stereocenters. The molecule has 0 aliphatic carbocycles. The Balaban J connectivity index is 1.63. The molecule has 7 heteroatoms. The van der Waals surface area contributed by atoms with Crippen molar-refractivity contribution >= 4 is 35.1 Å². The number of nitrogens with one attached hydrogen (secondary N) is 2. The molecule has 26 heavy (non-hydrogen) atoms. The van der Waals surface area contributed by atoms with Gasteiger partial charge in [0.1, 0.15) is 5.03 Å². The number of amides is 3. The Morgan fingerprint density at radius 3 is 2.81 bits per heavy atom. The average Bonchev–Trinajstić information content (AvgIpc) is 2.68. The fraction of sp³-hybridized carbons (Fsp3) is 0.316. The smallest absolute Gasteiger partial charge is 0.326 e. The molecule has 0 saturated heterocycles. The van der Waals surface area contributed by atoms with Crippen LogP contribution in [0.2, 0.25) is 0 Å². The van der Waals surface area contributed by atoms with Crippen LogP contribution < -0.4 is 15.5 Å². The number of benzene rings is 1. The van der Waals surface area contributed by atoms with Crippen molar-refractivity contribution in [2.45, 2.75) is 24.8 Å². The molecule has 2 heterocycles. The second-order valence-electron chi connectivity index (χ2n) is 5.94. The lowest BCUT2D eigenvalue weighted by atomic mass is 10.2. The van der Waals surface area contributed by atoms with Gasteiger partial charge < -0.3 is 10.6 Å². The quantitative estimate of drug-likeness (QED) is 0.786. The van der Waals surface area contributed by atoms with E-state index in [0.29, 0.717) is 24.3 Å². The van der Waals surface area contributed by atoms with Crippen molar-refractivity contribution in [1.82, 2.24) is 10.3 Å². The van der Waals surface area contributed by atoms with E-state index in [0.717, 1.165) is 29.3 Å². The third kappa shape index (κ3) is 4.35. The number of thioether (sulfide) groups is 1. The minimum atomic E-state index is -0.195. The van der Waals surface area contributed by atoms with E-state index in [1.807, 2.05) is 12.1 Å². The molecule has 6 nitrogen and oxygen atoms in total. The monoisotopic (exact) mass is 370 g/mol. The number of aromatic nitrogens is 1. The first-order chi connectivity index (χ1) is 12.7. The average molecular weight is 370 g/mol. The summed E-state index contributed by atoms with van der Waals surface area (Å²) in [5.74, 6) is 0.721. The van der Waals surface area contributed by atoms with Gasteiger partial charge in [-0.25, -0.2) is 9.78 Å². The fourth-order valence-corrected chi connectivity index (χ4v) is 3.57. The number of pyridine rings is 1. The number of urea groups is 1. The highest BCUT2D eigenvalue weighted by Gasteiger charge is 2.23. The molecular formula is C19H22N4O2S. The third-order valence-electron chi connectivity index (χ3n) is 4.05. The van der Waals surface area contributed by atoms with Crippen LogP contribution in [0.3, 0.4) is 0 Å². The molecule has 136 valence electrons. The molecule has 2 aromatic rings. The molecule has 3 amide bonds. The summed E-state index contributed by atoms with van der Waals surface area (Å²) in [6.07, 6.45) is 3.74. The maximum Gasteiger partial charge on any atom is 0.326 e. The molecule has 2 N–H and O–H groups in total. The lowest BCUT2D eigenvalue weighted by molar-refractivity contribution is 0.0953. The summed E-state index contributed by atoms with van der Waals surface area (Å²) in [6, 6.07) is 10.5. The molecule has 0 saturated carbocycles. The van der Waals surface area contributed by atoms with Gasteiger partial charge in [0.05, 0.1) is 5.69 Å². The van der Waals surface area contributed by atoms with Gasteiger partial charge >= 0.3 is 6.03 Å². The summed E-state index contributed by atoms with van der Waals surface area (Å²) in [7, 11) is 0. The zero-order valence-corrected chi connectivity index (χ0v) is 15.5. The highest BCUT2D eigenvalue weighted by Crippen LogP contribution is 2.32. The van der Waals surface area contributed by atoms with Crippen LogP contribution >= 0.6 is 11.8 Å². The van der Waals surface area contributed by atoms with E-state index >= 15 is 0 Å². The van der Waals surface area contributed by atoms with E-state index in [1.54, 1.807) is 47.1 Å². The Bertz CT molecular complexity index is 779. The highest BCUT2D eigenvalue weighted by molar-refractivity contribution is 7.99. The van der Waals surface area contributed by atoms with Gasteiger partial charge in [0.25, 0.3) is 5.91 Å². The normalized spacial score (nSPS) is 13.0. The molecule has 0 unspecified atom stereocenters. The zero-order valence-electron chi connectivity index (χ0n) is 14.7. The summed E-state index contributed by atoms with van der Waals surface area (Å²) in [4.78, 5) is 30.7. The van der Waals surface area contributed by atoms with Crippen molar-refractivity contribution in [3.8, 4) is 0 Å². The molecule has 0 radical (unpaired) electrons. The van der Waals surface area contributed by atoms with Crippen LogP contribution in [0, 0.1) is 0 Å². The van der Waals surface area contributed by atoms with E-state index in [2.05, 4.69) is 22.5 Å². The van der Waals surface area contributed by atoms with Crippen LogP contribution in [0.25, 0.3) is 0 Å². The second-order valence-corrected chi connectivity index (χ2v) is 7.03. The van der Waals surface area contributed by atoms with Gasteiger partial charge in [-0.3, -0.25) is 9.69 Å². The van der Waals surface area contributed by atoms with E-state index in [1.165, 1.54) is 0 Å². The summed E-state index contributed by atoms with van der Waals surface area (Å²) in [6.45, 7) is 3.39. The number of hydrogen-bond donors (Lipinski definition) is 2. The molecule has 0 bridgehead atoms. The Kier molecular flexibility index (Phi) is 6.12. The number of hydrogen-bond acceptors (Lipinski definition) is 4. The molecule has 3 rings (SSSR count). The van der Waals surface area contributed by atoms with Crippen molar-refractivity contribution in [3.63, 3.8) is 0 Å². The van der Waals surface area contributed by atoms with Crippen LogP contribution in [0.4, 0.5) is 16.2 Å². The number of fused-ring (bicyclic) bond motifs is 1. The van der Waals surface area contributed by atoms with Gasteiger partial charge in [0, 0.05) is 36.3 Å². The first kappa shape index (κ1) is 18.3. The minimum absolute atomic E-state index is 0.0932. The Morgan fingerprint density at radius 2 is 2.04 bits per heavy atom. The molecule has 1 aromatic heterocycles. The zero-order chi connectivity index (χ0) is 18.4. The Morgan fingerprint density at radius 1 is 1.23 bits per heavy atom. The van der Waals surface area contributed by atoms with E-state index < -0.39 is 0 Å².